The van der Waals surface area contributed by atoms with Crippen LogP contribution in [-0.2, 0) is 0 Å². The lowest BCUT2D eigenvalue weighted by molar-refractivity contribution is -0.387. The lowest BCUT2D eigenvalue weighted by Crippen LogP contribution is -2.19. The molecule has 0 saturated heterocycles. The van der Waals surface area contributed by atoms with Gasteiger partial charge < -0.3 is 5.32 Å². The monoisotopic (exact) mass is 244 g/mol. The molecule has 0 atom stereocenters. The summed E-state index contributed by atoms with van der Waals surface area (Å²) in [6.07, 6.45) is 0. The Labute approximate surface area is 97.8 Å². The van der Waals surface area contributed by atoms with Crippen molar-refractivity contribution < 1.29 is 13.7 Å². The van der Waals surface area contributed by atoms with E-state index >= 15 is 0 Å². The zero-order valence-corrected chi connectivity index (χ0v) is 9.88. The van der Waals surface area contributed by atoms with Crippen LogP contribution in [0.25, 0.3) is 0 Å². The fourth-order valence-electron chi connectivity index (χ4n) is 1.17. The van der Waals surface area contributed by atoms with E-state index < -0.39 is 22.2 Å². The first-order chi connectivity index (χ1) is 7.70. The molecule has 0 saturated carbocycles. The minimum Gasteiger partial charge on any atom is -0.382 e. The molecule has 4 nitrogen and oxygen atoms in total. The van der Waals surface area contributed by atoms with Gasteiger partial charge in [-0.25, -0.2) is 4.39 Å². The SMILES string of the molecule is CC(C)(C)CNc1cc([N+](=O)[O-])c(F)cc1F. The first-order valence-corrected chi connectivity index (χ1v) is 5.08. The number of halogens is 2. The fourth-order valence-corrected chi connectivity index (χ4v) is 1.17. The van der Waals surface area contributed by atoms with E-state index in [2.05, 4.69) is 5.32 Å². The molecule has 0 fully saturated rings. The van der Waals surface area contributed by atoms with E-state index in [1.54, 1.807) is 0 Å². The molecule has 1 N–H and O–H groups in total. The number of nitro benzene ring substituents is 1. The molecule has 1 aromatic carbocycles. The second kappa shape index (κ2) is 4.65. The summed E-state index contributed by atoms with van der Waals surface area (Å²) in [6.45, 7) is 6.20. The Morgan fingerprint density at radius 2 is 1.88 bits per heavy atom. The molecule has 1 rings (SSSR count). The van der Waals surface area contributed by atoms with E-state index in [9.17, 15) is 18.9 Å². The van der Waals surface area contributed by atoms with Crippen LogP contribution in [-0.4, -0.2) is 11.5 Å². The van der Waals surface area contributed by atoms with Gasteiger partial charge in [0.25, 0.3) is 0 Å². The molecule has 0 amide bonds. The van der Waals surface area contributed by atoms with Gasteiger partial charge >= 0.3 is 5.69 Å². The summed E-state index contributed by atoms with van der Waals surface area (Å²) in [5.74, 6) is -2.01. The molecular weight excluding hydrogens is 230 g/mol. The molecule has 0 aliphatic carbocycles. The van der Waals surface area contributed by atoms with E-state index in [0.717, 1.165) is 6.07 Å². The lowest BCUT2D eigenvalue weighted by atomic mass is 9.97. The van der Waals surface area contributed by atoms with Crippen molar-refractivity contribution in [3.05, 3.63) is 33.9 Å². The summed E-state index contributed by atoms with van der Waals surface area (Å²) in [7, 11) is 0. The smallest absolute Gasteiger partial charge is 0.307 e. The molecule has 1 aromatic rings. The number of hydrogen-bond donors (Lipinski definition) is 1. The Morgan fingerprint density at radius 1 is 1.29 bits per heavy atom. The topological polar surface area (TPSA) is 55.2 Å². The first kappa shape index (κ1) is 13.3. The average molecular weight is 244 g/mol. The molecule has 94 valence electrons. The van der Waals surface area contributed by atoms with Crippen molar-refractivity contribution in [3.63, 3.8) is 0 Å². The third-order valence-electron chi connectivity index (χ3n) is 2.04. The second-order valence-electron chi connectivity index (χ2n) is 4.95. The zero-order chi connectivity index (χ0) is 13.2. The molecule has 0 aromatic heterocycles. The van der Waals surface area contributed by atoms with Crippen LogP contribution in [0.2, 0.25) is 0 Å². The van der Waals surface area contributed by atoms with Crippen molar-refractivity contribution in [2.24, 2.45) is 5.41 Å². The molecule has 0 aliphatic heterocycles. The van der Waals surface area contributed by atoms with Crippen molar-refractivity contribution in [3.8, 4) is 0 Å². The average Bonchev–Trinajstić information content (AvgIpc) is 2.14. The van der Waals surface area contributed by atoms with Gasteiger partial charge in [0, 0.05) is 18.7 Å². The number of nitro groups is 1. The summed E-state index contributed by atoms with van der Waals surface area (Å²) >= 11 is 0. The minimum absolute atomic E-state index is 0.0620. The molecule has 0 bridgehead atoms. The summed E-state index contributed by atoms with van der Waals surface area (Å²) < 4.78 is 26.4. The lowest BCUT2D eigenvalue weighted by Gasteiger charge is -2.19. The largest absolute Gasteiger partial charge is 0.382 e. The van der Waals surface area contributed by atoms with E-state index in [0.29, 0.717) is 12.6 Å². The van der Waals surface area contributed by atoms with Crippen LogP contribution >= 0.6 is 0 Å². The zero-order valence-electron chi connectivity index (χ0n) is 9.88. The molecule has 0 unspecified atom stereocenters. The van der Waals surface area contributed by atoms with Gasteiger partial charge in [-0.2, -0.15) is 4.39 Å². The standard InChI is InChI=1S/C11H14F2N2O2/c1-11(2,3)6-14-9-5-10(15(16)17)8(13)4-7(9)12/h4-5,14H,6H2,1-3H3. The summed E-state index contributed by atoms with van der Waals surface area (Å²) in [6, 6.07) is 1.39. The Morgan fingerprint density at radius 3 is 2.35 bits per heavy atom. The van der Waals surface area contributed by atoms with Crippen LogP contribution in [0.1, 0.15) is 20.8 Å². The number of benzene rings is 1. The van der Waals surface area contributed by atoms with Gasteiger partial charge in [-0.05, 0) is 5.41 Å². The maximum Gasteiger partial charge on any atom is 0.307 e. The van der Waals surface area contributed by atoms with Crippen LogP contribution in [0.4, 0.5) is 20.2 Å². The molecular formula is C11H14F2N2O2. The first-order valence-electron chi connectivity index (χ1n) is 5.08. The number of hydrogen-bond acceptors (Lipinski definition) is 3. The van der Waals surface area contributed by atoms with Gasteiger partial charge in [0.15, 0.2) is 0 Å². The second-order valence-corrected chi connectivity index (χ2v) is 4.95. The van der Waals surface area contributed by atoms with Crippen molar-refractivity contribution in [1.29, 1.82) is 0 Å². The van der Waals surface area contributed by atoms with Crippen LogP contribution in [0, 0.1) is 27.2 Å². The predicted octanol–water partition coefficient (Wildman–Crippen LogP) is 3.33. The highest BCUT2D eigenvalue weighted by Crippen LogP contribution is 2.26. The molecule has 6 heteroatoms. The van der Waals surface area contributed by atoms with E-state index in [4.69, 9.17) is 0 Å². The highest BCUT2D eigenvalue weighted by Gasteiger charge is 2.19. The van der Waals surface area contributed by atoms with Crippen molar-refractivity contribution in [2.75, 3.05) is 11.9 Å². The van der Waals surface area contributed by atoms with Crippen LogP contribution < -0.4 is 5.32 Å². The van der Waals surface area contributed by atoms with Crippen molar-refractivity contribution in [1.82, 2.24) is 0 Å². The highest BCUT2D eigenvalue weighted by atomic mass is 19.1. The maximum absolute atomic E-state index is 13.3. The third-order valence-corrected chi connectivity index (χ3v) is 2.04. The summed E-state index contributed by atoms with van der Waals surface area (Å²) in [4.78, 5) is 9.62. The summed E-state index contributed by atoms with van der Waals surface area (Å²) in [5, 5.41) is 13.2. The van der Waals surface area contributed by atoms with Crippen LogP contribution in [0.15, 0.2) is 12.1 Å². The molecule has 0 heterocycles. The van der Waals surface area contributed by atoms with Crippen LogP contribution in [0.3, 0.4) is 0 Å². The number of rotatable bonds is 3. The molecule has 17 heavy (non-hydrogen) atoms. The van der Waals surface area contributed by atoms with Gasteiger partial charge in [-0.1, -0.05) is 20.8 Å². The van der Waals surface area contributed by atoms with Gasteiger partial charge in [0.05, 0.1) is 10.6 Å². The van der Waals surface area contributed by atoms with Crippen molar-refractivity contribution >= 4 is 11.4 Å². The van der Waals surface area contributed by atoms with E-state index in [1.165, 1.54) is 0 Å². The summed E-state index contributed by atoms with van der Waals surface area (Å²) in [5.41, 5.74) is -0.911. The molecule has 0 spiro atoms. The van der Waals surface area contributed by atoms with Crippen LogP contribution in [0.5, 0.6) is 0 Å². The predicted molar refractivity (Wildman–Crippen MR) is 61.0 cm³/mol. The fraction of sp³-hybridized carbons (Fsp3) is 0.455. The molecule has 0 aliphatic rings. The minimum atomic E-state index is -1.17. The Hall–Kier alpha value is -1.72. The normalized spacial score (nSPS) is 11.4. The Bertz CT molecular complexity index is 442. The van der Waals surface area contributed by atoms with Gasteiger partial charge in [0.2, 0.25) is 5.82 Å². The number of nitrogens with one attached hydrogen (secondary N) is 1. The van der Waals surface area contributed by atoms with Crippen molar-refractivity contribution in [2.45, 2.75) is 20.8 Å². The maximum atomic E-state index is 13.3. The van der Waals surface area contributed by atoms with Gasteiger partial charge in [0.1, 0.15) is 5.82 Å². The quantitative estimate of drug-likeness (QED) is 0.655. The number of anilines is 1. The van der Waals surface area contributed by atoms with Gasteiger partial charge in [-0.3, -0.25) is 10.1 Å². The van der Waals surface area contributed by atoms with E-state index in [-0.39, 0.29) is 11.1 Å². The molecule has 0 radical (unpaired) electrons. The Balaban J connectivity index is 3.00. The number of nitrogens with zero attached hydrogens (tertiary/aromatic N) is 1. The van der Waals surface area contributed by atoms with E-state index in [1.807, 2.05) is 20.8 Å². The third kappa shape index (κ3) is 3.65. The highest BCUT2D eigenvalue weighted by molar-refractivity contribution is 5.53. The van der Waals surface area contributed by atoms with Gasteiger partial charge in [-0.15, -0.1) is 0 Å². The Kier molecular flexibility index (Phi) is 3.65.